The van der Waals surface area contributed by atoms with Gasteiger partial charge in [-0.2, -0.15) is 5.11 Å². The number of nitrogens with one attached hydrogen (secondary N) is 1. The fourth-order valence-electron chi connectivity index (χ4n) is 3.06. The van der Waals surface area contributed by atoms with Crippen LogP contribution >= 0.6 is 0 Å². The molecule has 0 saturated heterocycles. The molecule has 0 aliphatic rings. The number of primary sulfonamides is 1. The van der Waals surface area contributed by atoms with Crippen LogP contribution < -0.4 is 5.14 Å². The van der Waals surface area contributed by atoms with Crippen molar-refractivity contribution >= 4 is 44.5 Å². The minimum absolute atomic E-state index is 0.0250. The van der Waals surface area contributed by atoms with Crippen LogP contribution in [0.25, 0.3) is 23.1 Å². The number of azo groups is 1. The molecule has 0 radical (unpaired) electrons. The first-order valence-electron chi connectivity index (χ1n) is 9.17. The summed E-state index contributed by atoms with van der Waals surface area (Å²) in [7, 11) is -3.79. The molecule has 31 heavy (non-hydrogen) atoms. The molecular formula is C22H18N4O4S. The second kappa shape index (κ2) is 8.05. The number of aromatic hydroxyl groups is 2. The number of phenols is 1. The highest BCUT2D eigenvalue weighted by molar-refractivity contribution is 7.89. The van der Waals surface area contributed by atoms with E-state index in [1.807, 2.05) is 30.4 Å². The van der Waals surface area contributed by atoms with E-state index in [9.17, 15) is 18.6 Å². The molecule has 3 aromatic carbocycles. The van der Waals surface area contributed by atoms with Crippen LogP contribution in [0.4, 0.5) is 11.4 Å². The van der Waals surface area contributed by atoms with E-state index in [4.69, 9.17) is 5.14 Å². The summed E-state index contributed by atoms with van der Waals surface area (Å²) in [5.41, 5.74) is 3.05. The maximum atomic E-state index is 11.4. The van der Waals surface area contributed by atoms with Crippen LogP contribution in [0, 0.1) is 0 Å². The lowest BCUT2D eigenvalue weighted by Gasteiger charge is -2.00. The Labute approximate surface area is 178 Å². The number of nitrogens with zero attached hydrogens (tertiary/aromatic N) is 2. The van der Waals surface area contributed by atoms with Gasteiger partial charge in [0.15, 0.2) is 5.69 Å². The molecule has 4 rings (SSSR count). The average Bonchev–Trinajstić information content (AvgIpc) is 3.07. The van der Waals surface area contributed by atoms with Crippen molar-refractivity contribution in [2.75, 3.05) is 0 Å². The van der Waals surface area contributed by atoms with Crippen LogP contribution in [0.1, 0.15) is 11.1 Å². The SMILES string of the molecule is NS(=O)(=O)c1ccc(N=Nc2c(O)[nH]c3cccc(/C=C/c4ccc(O)cc4)c23)cc1. The van der Waals surface area contributed by atoms with Crippen LogP contribution in [0.2, 0.25) is 0 Å². The lowest BCUT2D eigenvalue weighted by atomic mass is 10.1. The molecule has 8 nitrogen and oxygen atoms in total. The van der Waals surface area contributed by atoms with Gasteiger partial charge in [0.2, 0.25) is 15.9 Å². The Morgan fingerprint density at radius 1 is 0.871 bits per heavy atom. The predicted molar refractivity (Wildman–Crippen MR) is 119 cm³/mol. The van der Waals surface area contributed by atoms with Crippen LogP contribution in [0.15, 0.2) is 81.9 Å². The maximum Gasteiger partial charge on any atom is 0.238 e. The minimum Gasteiger partial charge on any atom is -0.508 e. The van der Waals surface area contributed by atoms with Crippen molar-refractivity contribution in [3.63, 3.8) is 0 Å². The van der Waals surface area contributed by atoms with Crippen LogP contribution in [-0.4, -0.2) is 23.6 Å². The number of aromatic nitrogens is 1. The standard InChI is InChI=1S/C22H18N4O4S/c23-31(29,30)18-12-8-16(9-13-18)25-26-21-20-15(2-1-3-19(20)24-22(21)28)7-4-14-5-10-17(27)11-6-14/h1-13,24,27-28H,(H2,23,29,30)/b7-4+,26-25?. The summed E-state index contributed by atoms with van der Waals surface area (Å²) in [6, 6.07) is 17.9. The Balaban J connectivity index is 1.70. The quantitative estimate of drug-likeness (QED) is 0.264. The third-order valence-electron chi connectivity index (χ3n) is 4.59. The minimum atomic E-state index is -3.79. The van der Waals surface area contributed by atoms with E-state index >= 15 is 0 Å². The molecular weight excluding hydrogens is 416 g/mol. The molecule has 0 spiro atoms. The predicted octanol–water partition coefficient (Wildman–Crippen LogP) is 4.81. The highest BCUT2D eigenvalue weighted by atomic mass is 32.2. The van der Waals surface area contributed by atoms with E-state index in [1.54, 1.807) is 24.3 Å². The van der Waals surface area contributed by atoms with E-state index in [-0.39, 0.29) is 22.2 Å². The van der Waals surface area contributed by atoms with Gasteiger partial charge in [-0.15, -0.1) is 5.11 Å². The molecule has 0 unspecified atom stereocenters. The lowest BCUT2D eigenvalue weighted by molar-refractivity contribution is 0.459. The van der Waals surface area contributed by atoms with Gasteiger partial charge in [0.05, 0.1) is 16.1 Å². The van der Waals surface area contributed by atoms with Gasteiger partial charge in [0.1, 0.15) is 5.75 Å². The third-order valence-corrected chi connectivity index (χ3v) is 5.52. The monoisotopic (exact) mass is 434 g/mol. The van der Waals surface area contributed by atoms with E-state index in [2.05, 4.69) is 15.2 Å². The number of benzene rings is 3. The van der Waals surface area contributed by atoms with Gasteiger partial charge in [-0.3, -0.25) is 0 Å². The van der Waals surface area contributed by atoms with E-state index in [0.717, 1.165) is 11.1 Å². The van der Waals surface area contributed by atoms with Gasteiger partial charge in [-0.1, -0.05) is 36.4 Å². The summed E-state index contributed by atoms with van der Waals surface area (Å²) >= 11 is 0. The van der Waals surface area contributed by atoms with Gasteiger partial charge >= 0.3 is 0 Å². The molecule has 9 heteroatoms. The number of hydrogen-bond acceptors (Lipinski definition) is 6. The molecule has 0 atom stereocenters. The lowest BCUT2D eigenvalue weighted by Crippen LogP contribution is -2.11. The number of nitrogens with two attached hydrogens (primary N) is 1. The van der Waals surface area contributed by atoms with Crippen molar-refractivity contribution in [1.82, 2.24) is 4.98 Å². The van der Waals surface area contributed by atoms with Crippen molar-refractivity contribution in [1.29, 1.82) is 0 Å². The Hall–Kier alpha value is -3.95. The molecule has 0 bridgehead atoms. The highest BCUT2D eigenvalue weighted by Crippen LogP contribution is 2.39. The summed E-state index contributed by atoms with van der Waals surface area (Å²) < 4.78 is 22.7. The Morgan fingerprint density at radius 2 is 1.58 bits per heavy atom. The number of rotatable bonds is 5. The van der Waals surface area contributed by atoms with Crippen LogP contribution in [-0.2, 0) is 10.0 Å². The Morgan fingerprint density at radius 3 is 2.26 bits per heavy atom. The molecule has 0 aliphatic carbocycles. The molecule has 0 amide bonds. The number of aromatic amines is 1. The smallest absolute Gasteiger partial charge is 0.238 e. The fourth-order valence-corrected chi connectivity index (χ4v) is 3.58. The largest absolute Gasteiger partial charge is 0.508 e. The molecule has 1 aromatic heterocycles. The molecule has 1 heterocycles. The second-order valence-electron chi connectivity index (χ2n) is 6.76. The first-order chi connectivity index (χ1) is 14.8. The highest BCUT2D eigenvalue weighted by Gasteiger charge is 2.13. The fraction of sp³-hybridized carbons (Fsp3) is 0. The van der Waals surface area contributed by atoms with Gasteiger partial charge in [-0.25, -0.2) is 13.6 Å². The zero-order valence-corrected chi connectivity index (χ0v) is 16.9. The second-order valence-corrected chi connectivity index (χ2v) is 8.32. The molecule has 156 valence electrons. The number of fused-ring (bicyclic) bond motifs is 1. The van der Waals surface area contributed by atoms with Crippen LogP contribution in [0.3, 0.4) is 0 Å². The summed E-state index contributed by atoms with van der Waals surface area (Å²) in [5.74, 6) is 0.0555. The van der Waals surface area contributed by atoms with Crippen molar-refractivity contribution in [3.05, 3.63) is 77.9 Å². The number of phenolic OH excluding ortho intramolecular Hbond substituents is 1. The number of hydrogen-bond donors (Lipinski definition) is 4. The number of H-pyrrole nitrogens is 1. The topological polar surface area (TPSA) is 141 Å². The first-order valence-corrected chi connectivity index (χ1v) is 10.7. The normalized spacial score (nSPS) is 12.3. The van der Waals surface area contributed by atoms with Crippen LogP contribution in [0.5, 0.6) is 11.6 Å². The molecule has 0 aliphatic heterocycles. The van der Waals surface area contributed by atoms with E-state index < -0.39 is 10.0 Å². The Kier molecular flexibility index (Phi) is 5.28. The maximum absolute atomic E-state index is 11.4. The van der Waals surface area contributed by atoms with Crippen molar-refractivity contribution in [2.24, 2.45) is 15.4 Å². The average molecular weight is 434 g/mol. The van der Waals surface area contributed by atoms with Gasteiger partial charge in [0.25, 0.3) is 0 Å². The summed E-state index contributed by atoms with van der Waals surface area (Å²) in [6.45, 7) is 0. The summed E-state index contributed by atoms with van der Waals surface area (Å²) in [4.78, 5) is 2.85. The van der Waals surface area contributed by atoms with Crippen molar-refractivity contribution in [2.45, 2.75) is 4.90 Å². The first kappa shape index (κ1) is 20.3. The number of sulfonamides is 1. The van der Waals surface area contributed by atoms with Gasteiger partial charge in [0, 0.05) is 5.39 Å². The van der Waals surface area contributed by atoms with E-state index in [1.165, 1.54) is 24.3 Å². The molecule has 0 fully saturated rings. The summed E-state index contributed by atoms with van der Waals surface area (Å²) in [6.07, 6.45) is 3.76. The van der Waals surface area contributed by atoms with Gasteiger partial charge < -0.3 is 15.2 Å². The zero-order valence-electron chi connectivity index (χ0n) is 16.1. The zero-order chi connectivity index (χ0) is 22.0. The third kappa shape index (κ3) is 4.47. The van der Waals surface area contributed by atoms with E-state index in [0.29, 0.717) is 16.6 Å². The van der Waals surface area contributed by atoms with Crippen molar-refractivity contribution in [3.8, 4) is 11.6 Å². The molecule has 4 aromatic rings. The van der Waals surface area contributed by atoms with Crippen molar-refractivity contribution < 1.29 is 18.6 Å². The van der Waals surface area contributed by atoms with Gasteiger partial charge in [-0.05, 0) is 53.6 Å². The molecule has 5 N–H and O–H groups in total. The molecule has 0 saturated carbocycles. The summed E-state index contributed by atoms with van der Waals surface area (Å²) in [5, 5.41) is 33.8. The Bertz CT molecular complexity index is 1400.